The van der Waals surface area contributed by atoms with E-state index in [0.29, 0.717) is 6.42 Å². The van der Waals surface area contributed by atoms with Crippen LogP contribution in [0.2, 0.25) is 0 Å². The number of aryl methyl sites for hydroxylation is 3. The summed E-state index contributed by atoms with van der Waals surface area (Å²) in [5.74, 6) is -0.121. The fraction of sp³-hybridized carbons (Fsp3) is 0.429. The monoisotopic (exact) mass is 385 g/mol. The molecule has 3 nitrogen and oxygen atoms in total. The Morgan fingerprint density at radius 3 is 2.96 bits per heavy atom. The summed E-state index contributed by atoms with van der Waals surface area (Å²) in [5, 5.41) is 3.56. The lowest BCUT2D eigenvalue weighted by atomic mass is 9.95. The minimum absolute atomic E-state index is 0.121. The third-order valence-corrected chi connectivity index (χ3v) is 7.29. The summed E-state index contributed by atoms with van der Waals surface area (Å²) in [4.78, 5) is 20.4. The van der Waals surface area contributed by atoms with E-state index in [0.717, 1.165) is 25.0 Å². The van der Waals surface area contributed by atoms with Crippen molar-refractivity contribution in [1.29, 1.82) is 0 Å². The number of rotatable bonds is 6. The first-order chi connectivity index (χ1) is 12.7. The van der Waals surface area contributed by atoms with Gasteiger partial charge in [-0.2, -0.15) is 0 Å². The van der Waals surface area contributed by atoms with E-state index >= 15 is 0 Å². The van der Waals surface area contributed by atoms with E-state index in [-0.39, 0.29) is 5.97 Å². The molecule has 1 aliphatic rings. The van der Waals surface area contributed by atoms with E-state index in [9.17, 15) is 4.79 Å². The number of unbranched alkanes of at least 4 members (excludes halogenated alkanes) is 1. The average Bonchev–Trinajstić information content (AvgIpc) is 3.35. The van der Waals surface area contributed by atoms with Crippen LogP contribution in [0.4, 0.5) is 0 Å². The van der Waals surface area contributed by atoms with Gasteiger partial charge in [0.2, 0.25) is 0 Å². The zero-order valence-corrected chi connectivity index (χ0v) is 16.9. The Morgan fingerprint density at radius 1 is 1.31 bits per heavy atom. The number of carbonyl (C=O) groups excluding carboxylic acids is 1. The summed E-state index contributed by atoms with van der Waals surface area (Å²) in [6.45, 7) is 2.14. The van der Waals surface area contributed by atoms with Crippen molar-refractivity contribution >= 4 is 38.9 Å². The highest BCUT2D eigenvalue weighted by Gasteiger charge is 2.24. The van der Waals surface area contributed by atoms with Crippen molar-refractivity contribution in [3.63, 3.8) is 0 Å². The summed E-state index contributed by atoms with van der Waals surface area (Å²) < 4.78 is 4.76. The zero-order chi connectivity index (χ0) is 18.1. The number of esters is 1. The minimum atomic E-state index is -0.121. The Morgan fingerprint density at radius 2 is 2.19 bits per heavy atom. The molecule has 3 heterocycles. The Kier molecular flexibility index (Phi) is 5.09. The SMILES string of the molecule is COC(=O)CCCCc1c(C)nc2sc3c(c2c1-c1cccs1)CCC3. The van der Waals surface area contributed by atoms with Gasteiger partial charge in [-0.1, -0.05) is 6.07 Å². The van der Waals surface area contributed by atoms with Crippen LogP contribution in [0.25, 0.3) is 20.7 Å². The molecule has 26 heavy (non-hydrogen) atoms. The summed E-state index contributed by atoms with van der Waals surface area (Å²) in [5.41, 5.74) is 5.44. The van der Waals surface area contributed by atoms with Crippen LogP contribution in [0.3, 0.4) is 0 Å². The molecular weight excluding hydrogens is 362 g/mol. The van der Waals surface area contributed by atoms with Gasteiger partial charge in [0.15, 0.2) is 0 Å². The van der Waals surface area contributed by atoms with Gasteiger partial charge in [0.05, 0.1) is 7.11 Å². The summed E-state index contributed by atoms with van der Waals surface area (Å²) in [6.07, 6.45) is 6.94. The number of aromatic nitrogens is 1. The van der Waals surface area contributed by atoms with Crippen LogP contribution in [0.5, 0.6) is 0 Å². The molecule has 0 amide bonds. The number of methoxy groups -OCH3 is 1. The fourth-order valence-electron chi connectivity index (χ4n) is 3.95. The highest BCUT2D eigenvalue weighted by molar-refractivity contribution is 7.19. The molecule has 1 aliphatic carbocycles. The molecule has 0 saturated carbocycles. The van der Waals surface area contributed by atoms with E-state index < -0.39 is 0 Å². The van der Waals surface area contributed by atoms with Gasteiger partial charge in [0.25, 0.3) is 0 Å². The molecule has 4 rings (SSSR count). The van der Waals surface area contributed by atoms with E-state index in [1.807, 2.05) is 22.7 Å². The second kappa shape index (κ2) is 7.49. The second-order valence-electron chi connectivity index (χ2n) is 6.85. The standard InChI is InChI=1S/C21H23NO2S2/c1-13-14(7-3-4-11-18(23)24-2)19(17-10-6-12-25-17)20-15-8-5-9-16(15)26-21(20)22-13/h6,10,12H,3-5,7-9,11H2,1-2H3. The van der Waals surface area contributed by atoms with Gasteiger partial charge in [-0.3, -0.25) is 4.79 Å². The predicted octanol–water partition coefficient (Wildman–Crippen LogP) is 5.71. The van der Waals surface area contributed by atoms with Crippen LogP contribution < -0.4 is 0 Å². The third kappa shape index (κ3) is 3.19. The Bertz CT molecular complexity index is 941. The van der Waals surface area contributed by atoms with Crippen molar-refractivity contribution in [1.82, 2.24) is 4.98 Å². The number of nitrogens with zero attached hydrogens (tertiary/aromatic N) is 1. The molecule has 3 aromatic rings. The summed E-state index contributed by atoms with van der Waals surface area (Å²) >= 11 is 3.70. The summed E-state index contributed by atoms with van der Waals surface area (Å²) in [7, 11) is 1.45. The zero-order valence-electron chi connectivity index (χ0n) is 15.3. The van der Waals surface area contributed by atoms with E-state index in [1.165, 1.54) is 63.0 Å². The van der Waals surface area contributed by atoms with Crippen LogP contribution in [-0.4, -0.2) is 18.1 Å². The average molecular weight is 386 g/mol. The van der Waals surface area contributed by atoms with E-state index in [2.05, 4.69) is 24.4 Å². The molecule has 0 radical (unpaired) electrons. The first-order valence-corrected chi connectivity index (χ1v) is 10.9. The number of carbonyl (C=O) groups is 1. The van der Waals surface area contributed by atoms with Gasteiger partial charge in [-0.15, -0.1) is 22.7 Å². The van der Waals surface area contributed by atoms with Crippen molar-refractivity contribution in [3.05, 3.63) is 39.2 Å². The molecule has 0 N–H and O–H groups in total. The first-order valence-electron chi connectivity index (χ1n) is 9.23. The second-order valence-corrected chi connectivity index (χ2v) is 8.88. The number of hydrogen-bond acceptors (Lipinski definition) is 5. The molecule has 136 valence electrons. The lowest BCUT2D eigenvalue weighted by Gasteiger charge is -2.14. The number of hydrogen-bond donors (Lipinski definition) is 0. The maximum atomic E-state index is 11.4. The molecule has 0 bridgehead atoms. The third-order valence-electron chi connectivity index (χ3n) is 5.21. The molecule has 0 saturated heterocycles. The number of pyridine rings is 1. The largest absolute Gasteiger partial charge is 0.469 e. The number of ether oxygens (including phenoxy) is 1. The van der Waals surface area contributed by atoms with Crippen LogP contribution in [0.1, 0.15) is 47.4 Å². The molecular formula is C21H23NO2S2. The minimum Gasteiger partial charge on any atom is -0.469 e. The maximum absolute atomic E-state index is 11.4. The van der Waals surface area contributed by atoms with Gasteiger partial charge in [-0.05, 0) is 68.0 Å². The first kappa shape index (κ1) is 17.7. The normalized spacial score (nSPS) is 13.3. The molecule has 5 heteroatoms. The van der Waals surface area contributed by atoms with E-state index in [1.54, 1.807) is 0 Å². The molecule has 0 spiro atoms. The Balaban J connectivity index is 1.75. The van der Waals surface area contributed by atoms with Gasteiger partial charge < -0.3 is 4.74 Å². The molecule has 3 aromatic heterocycles. The van der Waals surface area contributed by atoms with Gasteiger partial charge in [0, 0.05) is 32.8 Å². The van der Waals surface area contributed by atoms with Crippen molar-refractivity contribution in [2.45, 2.75) is 51.9 Å². The number of thiophene rings is 2. The highest BCUT2D eigenvalue weighted by Crippen LogP contribution is 2.45. The van der Waals surface area contributed by atoms with Crippen molar-refractivity contribution in [2.24, 2.45) is 0 Å². The van der Waals surface area contributed by atoms with Crippen molar-refractivity contribution in [2.75, 3.05) is 7.11 Å². The molecule has 0 atom stereocenters. The van der Waals surface area contributed by atoms with Gasteiger partial charge in [-0.25, -0.2) is 4.98 Å². The van der Waals surface area contributed by atoms with Gasteiger partial charge >= 0.3 is 5.97 Å². The van der Waals surface area contributed by atoms with E-state index in [4.69, 9.17) is 9.72 Å². The fourth-order valence-corrected chi connectivity index (χ4v) is 6.07. The highest BCUT2D eigenvalue weighted by atomic mass is 32.1. The van der Waals surface area contributed by atoms with Crippen LogP contribution in [0, 0.1) is 6.92 Å². The molecule has 0 fully saturated rings. The predicted molar refractivity (Wildman–Crippen MR) is 109 cm³/mol. The van der Waals surface area contributed by atoms with Crippen LogP contribution in [0.15, 0.2) is 17.5 Å². The van der Waals surface area contributed by atoms with Gasteiger partial charge in [0.1, 0.15) is 4.83 Å². The summed E-state index contributed by atoms with van der Waals surface area (Å²) in [6, 6.07) is 4.37. The molecule has 0 aromatic carbocycles. The van der Waals surface area contributed by atoms with Crippen molar-refractivity contribution in [3.8, 4) is 10.4 Å². The molecule has 0 aliphatic heterocycles. The quantitative estimate of drug-likeness (QED) is 0.403. The molecule has 0 unspecified atom stereocenters. The lowest BCUT2D eigenvalue weighted by Crippen LogP contribution is -2.02. The Labute approximate surface area is 162 Å². The van der Waals surface area contributed by atoms with Crippen LogP contribution in [-0.2, 0) is 28.8 Å². The Hall–Kier alpha value is -1.72. The topological polar surface area (TPSA) is 39.2 Å². The van der Waals surface area contributed by atoms with Crippen molar-refractivity contribution < 1.29 is 9.53 Å². The van der Waals surface area contributed by atoms with Crippen LogP contribution >= 0.6 is 22.7 Å². The maximum Gasteiger partial charge on any atom is 0.305 e. The lowest BCUT2D eigenvalue weighted by molar-refractivity contribution is -0.140. The smallest absolute Gasteiger partial charge is 0.305 e. The number of fused-ring (bicyclic) bond motifs is 3.